The largest absolute Gasteiger partial charge is 0.425 e. The zero-order valence-electron chi connectivity index (χ0n) is 11.2. The fourth-order valence-corrected chi connectivity index (χ4v) is 2.54. The van der Waals surface area contributed by atoms with Gasteiger partial charge in [0.1, 0.15) is 0 Å². The lowest BCUT2D eigenvalue weighted by Gasteiger charge is -2.25. The van der Waals surface area contributed by atoms with Crippen LogP contribution in [0.15, 0.2) is 34.4 Å². The van der Waals surface area contributed by atoms with E-state index in [0.717, 1.165) is 18.4 Å². The van der Waals surface area contributed by atoms with Gasteiger partial charge in [0.05, 0.1) is 0 Å². The van der Waals surface area contributed by atoms with E-state index in [1.54, 1.807) is 6.92 Å². The molecular formula is C15H20O3. The summed E-state index contributed by atoms with van der Waals surface area (Å²) in [5.41, 5.74) is 3.60. The molecule has 1 aliphatic carbocycles. The van der Waals surface area contributed by atoms with Crippen molar-refractivity contribution in [3.8, 4) is 0 Å². The second-order valence-corrected chi connectivity index (χ2v) is 5.30. The first kappa shape index (κ1) is 13.1. The van der Waals surface area contributed by atoms with Crippen molar-refractivity contribution >= 4 is 5.97 Å². The van der Waals surface area contributed by atoms with Crippen LogP contribution in [0.2, 0.25) is 0 Å². The van der Waals surface area contributed by atoms with Gasteiger partial charge in [-0.25, -0.2) is 4.79 Å². The maximum Gasteiger partial charge on any atom is 0.336 e. The Morgan fingerprint density at radius 3 is 2.67 bits per heavy atom. The first-order chi connectivity index (χ1) is 8.42. The maximum absolute atomic E-state index is 11.6. The summed E-state index contributed by atoms with van der Waals surface area (Å²) in [6.45, 7) is 5.78. The van der Waals surface area contributed by atoms with Gasteiger partial charge in [0.25, 0.3) is 0 Å². The lowest BCUT2D eigenvalue weighted by Crippen LogP contribution is -2.32. The van der Waals surface area contributed by atoms with Crippen LogP contribution in [0.1, 0.15) is 46.5 Å². The molecular weight excluding hydrogens is 228 g/mol. The number of hydrogen-bond acceptors (Lipinski definition) is 3. The predicted octanol–water partition coefficient (Wildman–Crippen LogP) is 3.01. The second kappa shape index (κ2) is 4.73. The Morgan fingerprint density at radius 2 is 1.94 bits per heavy atom. The lowest BCUT2D eigenvalue weighted by atomic mass is 9.91. The number of allylic oxidation sites excluding steroid dienone is 3. The molecule has 0 saturated heterocycles. The molecule has 3 heteroatoms. The van der Waals surface area contributed by atoms with Crippen LogP contribution in [0, 0.1) is 0 Å². The molecule has 2 aliphatic rings. The fraction of sp³-hybridized carbons (Fsp3) is 0.533. The zero-order chi connectivity index (χ0) is 13.3. The molecule has 0 spiro atoms. The highest BCUT2D eigenvalue weighted by Crippen LogP contribution is 2.38. The molecule has 1 unspecified atom stereocenters. The van der Waals surface area contributed by atoms with Crippen molar-refractivity contribution in [2.24, 2.45) is 0 Å². The normalized spacial score (nSPS) is 35.2. The van der Waals surface area contributed by atoms with Gasteiger partial charge in [0.15, 0.2) is 0 Å². The van der Waals surface area contributed by atoms with E-state index < -0.39 is 11.8 Å². The van der Waals surface area contributed by atoms with E-state index in [1.165, 1.54) is 5.57 Å². The number of carbonyl (C=O) groups excluding carboxylic acids is 1. The van der Waals surface area contributed by atoms with Gasteiger partial charge in [0, 0.05) is 17.6 Å². The Labute approximate surface area is 108 Å². The molecule has 3 nitrogen and oxygen atoms in total. The van der Waals surface area contributed by atoms with E-state index in [-0.39, 0.29) is 0 Å². The van der Waals surface area contributed by atoms with E-state index in [4.69, 9.17) is 4.74 Å². The third kappa shape index (κ3) is 2.41. The topological polar surface area (TPSA) is 46.5 Å². The van der Waals surface area contributed by atoms with Crippen molar-refractivity contribution in [2.75, 3.05) is 0 Å². The van der Waals surface area contributed by atoms with Crippen molar-refractivity contribution in [2.45, 2.75) is 52.2 Å². The van der Waals surface area contributed by atoms with Gasteiger partial charge >= 0.3 is 5.97 Å². The molecule has 0 aromatic heterocycles. The monoisotopic (exact) mass is 248 g/mol. The Hall–Kier alpha value is -1.35. The number of aliphatic hydroxyl groups is 1. The van der Waals surface area contributed by atoms with Crippen LogP contribution in [0.4, 0.5) is 0 Å². The molecule has 98 valence electrons. The highest BCUT2D eigenvalue weighted by molar-refractivity contribution is 5.92. The van der Waals surface area contributed by atoms with Crippen LogP contribution in [-0.4, -0.2) is 16.9 Å². The maximum atomic E-state index is 11.6. The van der Waals surface area contributed by atoms with E-state index in [9.17, 15) is 9.90 Å². The molecule has 0 amide bonds. The minimum Gasteiger partial charge on any atom is -0.425 e. The van der Waals surface area contributed by atoms with Gasteiger partial charge in [-0.2, -0.15) is 0 Å². The Morgan fingerprint density at radius 1 is 1.22 bits per heavy atom. The number of hydrogen-bond donors (Lipinski definition) is 1. The van der Waals surface area contributed by atoms with Gasteiger partial charge in [-0.15, -0.1) is 0 Å². The molecule has 0 aromatic carbocycles. The van der Waals surface area contributed by atoms with E-state index in [0.29, 0.717) is 24.0 Å². The Bertz CT molecular complexity index is 468. The summed E-state index contributed by atoms with van der Waals surface area (Å²) in [6.07, 6.45) is 7.15. The minimum atomic E-state index is -1.43. The van der Waals surface area contributed by atoms with Crippen molar-refractivity contribution in [3.63, 3.8) is 0 Å². The summed E-state index contributed by atoms with van der Waals surface area (Å²) < 4.78 is 5.18. The van der Waals surface area contributed by atoms with Crippen molar-refractivity contribution in [1.82, 2.24) is 0 Å². The van der Waals surface area contributed by atoms with Gasteiger partial charge in [-0.3, -0.25) is 0 Å². The first-order valence-electron chi connectivity index (χ1n) is 6.39. The van der Waals surface area contributed by atoms with Crippen LogP contribution in [0.25, 0.3) is 0 Å². The smallest absolute Gasteiger partial charge is 0.336 e. The van der Waals surface area contributed by atoms with Crippen LogP contribution in [0.3, 0.4) is 0 Å². The van der Waals surface area contributed by atoms with Crippen LogP contribution >= 0.6 is 0 Å². The summed E-state index contributed by atoms with van der Waals surface area (Å²) in [5, 5.41) is 10.6. The Kier molecular flexibility index (Phi) is 3.44. The highest BCUT2D eigenvalue weighted by atomic mass is 16.7. The zero-order valence-corrected chi connectivity index (χ0v) is 11.2. The standard InChI is InChI=1S/C15H20O3/c1-10-5-4-6-11(2)9-15(17)13(8-7-10)12(3)14(16)18-15/h6-7,17H,4-5,8-9H2,1-3H3/b10-7-,11-6-. The molecule has 1 atom stereocenters. The minimum absolute atomic E-state index is 0.373. The average Bonchev–Trinajstić information content (AvgIpc) is 2.47. The molecule has 18 heavy (non-hydrogen) atoms. The van der Waals surface area contributed by atoms with Crippen molar-refractivity contribution in [1.29, 1.82) is 0 Å². The first-order valence-corrected chi connectivity index (χ1v) is 6.39. The molecule has 1 N–H and O–H groups in total. The van der Waals surface area contributed by atoms with E-state index in [2.05, 4.69) is 19.1 Å². The molecule has 0 bridgehead atoms. The number of rotatable bonds is 0. The van der Waals surface area contributed by atoms with Gasteiger partial charge in [-0.05, 0) is 40.0 Å². The molecule has 0 aromatic rings. The molecule has 0 fully saturated rings. The van der Waals surface area contributed by atoms with Crippen LogP contribution < -0.4 is 0 Å². The quantitative estimate of drug-likeness (QED) is 0.529. The van der Waals surface area contributed by atoms with Gasteiger partial charge < -0.3 is 9.84 Å². The third-order valence-corrected chi connectivity index (χ3v) is 3.70. The summed E-state index contributed by atoms with van der Waals surface area (Å²) in [5.74, 6) is -1.83. The fourth-order valence-electron chi connectivity index (χ4n) is 2.54. The predicted molar refractivity (Wildman–Crippen MR) is 69.7 cm³/mol. The van der Waals surface area contributed by atoms with Crippen LogP contribution in [0.5, 0.6) is 0 Å². The lowest BCUT2D eigenvalue weighted by molar-refractivity contribution is -0.181. The van der Waals surface area contributed by atoms with Crippen LogP contribution in [-0.2, 0) is 9.53 Å². The molecule has 2 rings (SSSR count). The summed E-state index contributed by atoms with van der Waals surface area (Å²) in [6, 6.07) is 0. The summed E-state index contributed by atoms with van der Waals surface area (Å²) in [4.78, 5) is 11.6. The third-order valence-electron chi connectivity index (χ3n) is 3.70. The van der Waals surface area contributed by atoms with Gasteiger partial charge in [0.2, 0.25) is 5.79 Å². The second-order valence-electron chi connectivity index (χ2n) is 5.30. The molecule has 1 heterocycles. The average molecular weight is 248 g/mol. The number of esters is 1. The number of fused-ring (bicyclic) bond motifs is 1. The van der Waals surface area contributed by atoms with E-state index in [1.807, 2.05) is 6.92 Å². The molecule has 1 aliphatic heterocycles. The summed E-state index contributed by atoms with van der Waals surface area (Å²) >= 11 is 0. The number of ether oxygens (including phenoxy) is 1. The SMILES string of the molecule is CC1=C2C/C=C(/C)CC/C=C(/C)CC2(O)OC1=O. The van der Waals surface area contributed by atoms with E-state index >= 15 is 0 Å². The van der Waals surface area contributed by atoms with Crippen molar-refractivity contribution < 1.29 is 14.6 Å². The van der Waals surface area contributed by atoms with Gasteiger partial charge in [-0.1, -0.05) is 23.3 Å². The van der Waals surface area contributed by atoms with Crippen molar-refractivity contribution in [3.05, 3.63) is 34.4 Å². The Balaban J connectivity index is 2.41. The molecule has 0 radical (unpaired) electrons. The molecule has 0 saturated carbocycles. The highest BCUT2D eigenvalue weighted by Gasteiger charge is 2.44. The summed E-state index contributed by atoms with van der Waals surface area (Å²) in [7, 11) is 0. The number of carbonyl (C=O) groups is 1.